The van der Waals surface area contributed by atoms with Crippen LogP contribution in [0.1, 0.15) is 42.0 Å². The van der Waals surface area contributed by atoms with Gasteiger partial charge in [-0.15, -0.1) is 0 Å². The number of hydrogen-bond donors (Lipinski definition) is 1. The summed E-state index contributed by atoms with van der Waals surface area (Å²) in [4.78, 5) is 17.2. The number of ether oxygens (including phenoxy) is 1. The second kappa shape index (κ2) is 10.3. The van der Waals surface area contributed by atoms with Crippen molar-refractivity contribution < 1.29 is 28.9 Å². The number of hydrogen-bond acceptors (Lipinski definition) is 3. The second-order valence-corrected chi connectivity index (χ2v) is 8.53. The Labute approximate surface area is 182 Å². The summed E-state index contributed by atoms with van der Waals surface area (Å²) in [5.74, 6) is 1.57. The van der Waals surface area contributed by atoms with Gasteiger partial charge < -0.3 is 0 Å². The van der Waals surface area contributed by atoms with Crippen molar-refractivity contribution in [1.82, 2.24) is 14.9 Å². The molecule has 0 fully saturated rings. The molecule has 0 spiro atoms. The number of aromatic nitrogens is 2. The summed E-state index contributed by atoms with van der Waals surface area (Å²) in [6.07, 6.45) is 17.2. The molecule has 6 heteroatoms. The quantitative estimate of drug-likeness (QED) is 0.571. The standard InChI is InChI=1S/C23H25N3O2.W/c1-18(2)28-20-12-11-19-9-5-4-8-15-26-16-14-24-22(26)10-6-3-7-13-25-23(27)21(19)17-20;/h3-7,11-14,16-18H,8-9,15H2,1-2H3,(H,25,27);. The topological polar surface area (TPSA) is 56.1 Å². The summed E-state index contributed by atoms with van der Waals surface area (Å²) in [5.41, 5.74) is 1.61. The number of carbonyl (C=O) groups excluding carboxylic acids is 1. The van der Waals surface area contributed by atoms with Gasteiger partial charge in [0.2, 0.25) is 0 Å². The van der Waals surface area contributed by atoms with E-state index in [0.29, 0.717) is 17.7 Å². The van der Waals surface area contributed by atoms with E-state index in [2.05, 4.69) is 27.0 Å². The van der Waals surface area contributed by atoms with Gasteiger partial charge in [0.25, 0.3) is 0 Å². The fourth-order valence-electron chi connectivity index (χ4n) is 3.02. The molecule has 0 unspecified atom stereocenters. The van der Waals surface area contributed by atoms with Crippen LogP contribution in [0, 0.1) is 0 Å². The van der Waals surface area contributed by atoms with Crippen molar-refractivity contribution >= 4 is 9.81 Å². The van der Waals surface area contributed by atoms with E-state index in [-0.39, 0.29) is 12.0 Å². The van der Waals surface area contributed by atoms with Crippen molar-refractivity contribution in [2.24, 2.45) is 0 Å². The normalized spacial score (nSPS) is 15.1. The van der Waals surface area contributed by atoms with Gasteiger partial charge in [-0.25, -0.2) is 0 Å². The minimum absolute atomic E-state index is 0.0573. The second-order valence-electron chi connectivity index (χ2n) is 6.95. The van der Waals surface area contributed by atoms with Crippen LogP contribution < -0.4 is 10.1 Å². The minimum atomic E-state index is -0.138. The van der Waals surface area contributed by atoms with Crippen LogP contribution in [0.4, 0.5) is 0 Å². The molecular weight excluding hydrogens is 534 g/mol. The number of imidazole rings is 1. The number of benzene rings is 1. The third-order valence-electron chi connectivity index (χ3n) is 4.34. The molecule has 150 valence electrons. The summed E-state index contributed by atoms with van der Waals surface area (Å²) >= 11 is 1.35. The Morgan fingerprint density at radius 2 is 2.10 bits per heavy atom. The van der Waals surface area contributed by atoms with E-state index in [0.717, 1.165) is 28.3 Å². The Morgan fingerprint density at radius 1 is 1.24 bits per heavy atom. The molecule has 2 aromatic rings. The van der Waals surface area contributed by atoms with Gasteiger partial charge in [0.1, 0.15) is 0 Å². The van der Waals surface area contributed by atoms with Gasteiger partial charge in [0.05, 0.1) is 0 Å². The van der Waals surface area contributed by atoms with Crippen LogP contribution in [0.5, 0.6) is 5.75 Å². The molecule has 0 radical (unpaired) electrons. The number of fused-ring (bicyclic) bond motifs is 2. The molecule has 1 aliphatic heterocycles. The van der Waals surface area contributed by atoms with Crippen molar-refractivity contribution in [3.05, 3.63) is 84.1 Å². The molecule has 0 saturated heterocycles. The summed E-state index contributed by atoms with van der Waals surface area (Å²) < 4.78 is 9.10. The predicted molar refractivity (Wildman–Crippen MR) is 112 cm³/mol. The Morgan fingerprint density at radius 3 is 2.93 bits per heavy atom. The maximum absolute atomic E-state index is 12.7. The molecule has 1 aromatic heterocycles. The zero-order valence-corrected chi connectivity index (χ0v) is 19.6. The summed E-state index contributed by atoms with van der Waals surface area (Å²) in [7, 11) is 0. The predicted octanol–water partition coefficient (Wildman–Crippen LogP) is 3.74. The number of carbonyl (C=O) groups is 1. The van der Waals surface area contributed by atoms with Gasteiger partial charge in [0.15, 0.2) is 0 Å². The molecule has 1 amide bonds. The third kappa shape index (κ3) is 5.98. The number of rotatable bonds is 2. The van der Waals surface area contributed by atoms with E-state index in [9.17, 15) is 4.79 Å². The Balaban J connectivity index is 1.88. The van der Waals surface area contributed by atoms with Gasteiger partial charge in [0, 0.05) is 0 Å². The van der Waals surface area contributed by atoms with Crippen molar-refractivity contribution in [1.29, 1.82) is 0 Å². The Kier molecular flexibility index (Phi) is 7.54. The van der Waals surface area contributed by atoms with Gasteiger partial charge in [-0.05, 0) is 13.8 Å². The van der Waals surface area contributed by atoms with Crippen LogP contribution in [0.2, 0.25) is 0 Å². The zero-order chi connectivity index (χ0) is 20.6. The Bertz CT molecular complexity index is 970. The van der Waals surface area contributed by atoms with Crippen molar-refractivity contribution in [3.63, 3.8) is 0 Å². The molecule has 0 atom stereocenters. The number of amides is 1. The van der Waals surface area contributed by atoms with Crippen LogP contribution in [0.15, 0.2) is 67.2 Å². The molecule has 0 aliphatic carbocycles. The van der Waals surface area contributed by atoms with Crippen molar-refractivity contribution in [2.75, 3.05) is 0 Å². The molecule has 5 nitrogen and oxygen atoms in total. The van der Waals surface area contributed by atoms with Gasteiger partial charge >= 0.3 is 169 Å². The number of nitrogens with one attached hydrogen (secondary N) is 1. The van der Waals surface area contributed by atoms with E-state index < -0.39 is 0 Å². The van der Waals surface area contributed by atoms with Gasteiger partial charge in [-0.2, -0.15) is 0 Å². The first-order chi connectivity index (χ1) is 14.0. The van der Waals surface area contributed by atoms with Crippen molar-refractivity contribution in [3.8, 4) is 5.75 Å². The van der Waals surface area contributed by atoms with E-state index in [1.165, 1.54) is 19.4 Å². The number of nitrogens with zero attached hydrogens (tertiary/aromatic N) is 2. The molecule has 3 rings (SSSR count). The molecule has 1 N–H and O–H groups in total. The molecule has 1 aromatic carbocycles. The molecule has 1 aliphatic rings. The molecule has 0 saturated carbocycles. The van der Waals surface area contributed by atoms with Crippen LogP contribution >= 0.6 is 0 Å². The fraction of sp³-hybridized carbons (Fsp3) is 0.261. The SMILES string of the molecule is CC(C)Oc1ccc2c(c1)C(=O)NC=CC=C[C](=[W])c1nccn1CCC=CC2. The first-order valence-corrected chi connectivity index (χ1v) is 11.2. The average Bonchev–Trinajstić information content (AvgIpc) is 3.15. The van der Waals surface area contributed by atoms with Crippen LogP contribution in [0.3, 0.4) is 0 Å². The third-order valence-corrected chi connectivity index (χ3v) is 5.49. The molecule has 0 bridgehead atoms. The van der Waals surface area contributed by atoms with Crippen LogP contribution in [-0.4, -0.2) is 25.5 Å². The zero-order valence-electron chi connectivity index (χ0n) is 16.7. The summed E-state index contributed by atoms with van der Waals surface area (Å²) in [5, 5.41) is 2.86. The average molecular weight is 559 g/mol. The Hall–Kier alpha value is -2.52. The molecule has 29 heavy (non-hydrogen) atoms. The first kappa shape index (κ1) is 21.2. The van der Waals surface area contributed by atoms with Crippen LogP contribution in [-0.2, 0) is 32.3 Å². The first-order valence-electron chi connectivity index (χ1n) is 9.68. The van der Waals surface area contributed by atoms with E-state index in [4.69, 9.17) is 4.74 Å². The number of allylic oxidation sites excluding steroid dienone is 5. The molecular formula is C23H25N3O2W. The van der Waals surface area contributed by atoms with E-state index in [1.807, 2.05) is 62.7 Å². The summed E-state index contributed by atoms with van der Waals surface area (Å²) in [6, 6.07) is 5.72. The van der Waals surface area contributed by atoms with Gasteiger partial charge in [-0.3, -0.25) is 0 Å². The van der Waals surface area contributed by atoms with E-state index >= 15 is 0 Å². The maximum atomic E-state index is 12.7. The monoisotopic (exact) mass is 559 g/mol. The van der Waals surface area contributed by atoms with E-state index in [1.54, 1.807) is 6.20 Å². The van der Waals surface area contributed by atoms with Crippen LogP contribution in [0.25, 0.3) is 0 Å². The molecule has 2 heterocycles. The summed E-state index contributed by atoms with van der Waals surface area (Å²) in [6.45, 7) is 4.82. The van der Waals surface area contributed by atoms with Crippen molar-refractivity contribution in [2.45, 2.75) is 39.3 Å². The number of aryl methyl sites for hydroxylation is 1. The van der Waals surface area contributed by atoms with Gasteiger partial charge in [-0.1, -0.05) is 0 Å². The fourth-order valence-corrected chi connectivity index (χ4v) is 3.91.